The fourth-order valence-corrected chi connectivity index (χ4v) is 2.23. The summed E-state index contributed by atoms with van der Waals surface area (Å²) in [4.78, 5) is 11.0. The quantitative estimate of drug-likeness (QED) is 0.638. The average Bonchev–Trinajstić information content (AvgIpc) is 2.86. The van der Waals surface area contributed by atoms with Crippen molar-refractivity contribution >= 4 is 5.97 Å². The average molecular weight is 166 g/mol. The number of hydrogen-bond donors (Lipinski definition) is 1. The molecule has 0 saturated heterocycles. The Kier molecular flexibility index (Phi) is 1.71. The van der Waals surface area contributed by atoms with Crippen LogP contribution in [0.3, 0.4) is 0 Å². The van der Waals surface area contributed by atoms with Crippen molar-refractivity contribution in [3.63, 3.8) is 0 Å². The van der Waals surface area contributed by atoms with Gasteiger partial charge in [-0.2, -0.15) is 0 Å². The molecule has 1 atom stereocenters. The monoisotopic (exact) mass is 166 g/mol. The van der Waals surface area contributed by atoms with Crippen LogP contribution < -0.4 is 0 Å². The molecule has 0 aromatic heterocycles. The molecule has 1 unspecified atom stereocenters. The van der Waals surface area contributed by atoms with Crippen LogP contribution in [0.2, 0.25) is 0 Å². The molecule has 0 aromatic rings. The lowest BCUT2D eigenvalue weighted by molar-refractivity contribution is -0.145. The lowest BCUT2D eigenvalue weighted by Gasteiger charge is -2.24. The van der Waals surface area contributed by atoms with E-state index in [9.17, 15) is 4.79 Å². The summed E-state index contributed by atoms with van der Waals surface area (Å²) in [5, 5.41) is 9.03. The number of allylic oxidation sites excluding steroid dienone is 2. The molecule has 2 nitrogen and oxygen atoms in total. The SMILES string of the molecule is O=C(O)C1(C2CC=CCC2)CC1. The van der Waals surface area contributed by atoms with E-state index >= 15 is 0 Å². The zero-order valence-electron chi connectivity index (χ0n) is 7.12. The highest BCUT2D eigenvalue weighted by atomic mass is 16.4. The van der Waals surface area contributed by atoms with Crippen LogP contribution in [0.15, 0.2) is 12.2 Å². The fraction of sp³-hybridized carbons (Fsp3) is 0.700. The maximum Gasteiger partial charge on any atom is 0.309 e. The van der Waals surface area contributed by atoms with Crippen molar-refractivity contribution in [1.82, 2.24) is 0 Å². The predicted octanol–water partition coefficient (Wildman–Crippen LogP) is 2.21. The first-order chi connectivity index (χ1) is 5.76. The van der Waals surface area contributed by atoms with Gasteiger partial charge in [0.2, 0.25) is 0 Å². The molecule has 1 N–H and O–H groups in total. The van der Waals surface area contributed by atoms with Crippen LogP contribution >= 0.6 is 0 Å². The van der Waals surface area contributed by atoms with Crippen molar-refractivity contribution in [3.05, 3.63) is 12.2 Å². The molecule has 1 fully saturated rings. The van der Waals surface area contributed by atoms with Gasteiger partial charge in [0, 0.05) is 0 Å². The van der Waals surface area contributed by atoms with E-state index in [4.69, 9.17) is 5.11 Å². The normalized spacial score (nSPS) is 31.5. The van der Waals surface area contributed by atoms with Gasteiger partial charge < -0.3 is 5.11 Å². The van der Waals surface area contributed by atoms with E-state index in [1.54, 1.807) is 0 Å². The number of carboxylic acid groups (broad SMARTS) is 1. The zero-order chi connectivity index (χ0) is 8.60. The van der Waals surface area contributed by atoms with E-state index in [-0.39, 0.29) is 5.41 Å². The molecule has 2 aliphatic rings. The minimum Gasteiger partial charge on any atom is -0.481 e. The lowest BCUT2D eigenvalue weighted by Crippen LogP contribution is -2.25. The van der Waals surface area contributed by atoms with Crippen LogP contribution in [0.1, 0.15) is 32.1 Å². The maximum atomic E-state index is 11.0. The number of carbonyl (C=O) groups is 1. The largest absolute Gasteiger partial charge is 0.481 e. The van der Waals surface area contributed by atoms with E-state index in [0.29, 0.717) is 5.92 Å². The van der Waals surface area contributed by atoms with Crippen molar-refractivity contribution < 1.29 is 9.90 Å². The van der Waals surface area contributed by atoms with Gasteiger partial charge in [-0.1, -0.05) is 12.2 Å². The smallest absolute Gasteiger partial charge is 0.309 e. The van der Waals surface area contributed by atoms with Gasteiger partial charge in [-0.3, -0.25) is 4.79 Å². The summed E-state index contributed by atoms with van der Waals surface area (Å²) in [6.45, 7) is 0. The number of hydrogen-bond acceptors (Lipinski definition) is 1. The molecule has 2 heteroatoms. The molecule has 0 amide bonds. The molecular weight excluding hydrogens is 152 g/mol. The lowest BCUT2D eigenvalue weighted by atomic mass is 9.80. The maximum absolute atomic E-state index is 11.0. The van der Waals surface area contributed by atoms with Crippen molar-refractivity contribution in [2.45, 2.75) is 32.1 Å². The summed E-state index contributed by atoms with van der Waals surface area (Å²) >= 11 is 0. The van der Waals surface area contributed by atoms with Crippen LogP contribution in [0.4, 0.5) is 0 Å². The Bertz CT molecular complexity index is 226. The zero-order valence-corrected chi connectivity index (χ0v) is 7.12. The van der Waals surface area contributed by atoms with Crippen LogP contribution in [0.5, 0.6) is 0 Å². The van der Waals surface area contributed by atoms with Crippen LogP contribution in [0, 0.1) is 11.3 Å². The molecule has 0 aliphatic heterocycles. The number of aliphatic carboxylic acids is 1. The Hall–Kier alpha value is -0.790. The molecule has 0 aromatic carbocycles. The first kappa shape index (κ1) is 7.84. The van der Waals surface area contributed by atoms with Crippen molar-refractivity contribution in [3.8, 4) is 0 Å². The number of carboxylic acids is 1. The summed E-state index contributed by atoms with van der Waals surface area (Å²) in [7, 11) is 0. The summed E-state index contributed by atoms with van der Waals surface area (Å²) in [5.41, 5.74) is -0.315. The Labute approximate surface area is 72.3 Å². The van der Waals surface area contributed by atoms with E-state index in [2.05, 4.69) is 12.2 Å². The van der Waals surface area contributed by atoms with Gasteiger partial charge in [0.15, 0.2) is 0 Å². The Morgan fingerprint density at radius 2 is 2.17 bits per heavy atom. The van der Waals surface area contributed by atoms with E-state index < -0.39 is 5.97 Å². The van der Waals surface area contributed by atoms with Crippen molar-refractivity contribution in [2.75, 3.05) is 0 Å². The second kappa shape index (κ2) is 2.61. The van der Waals surface area contributed by atoms with Gasteiger partial charge in [0.25, 0.3) is 0 Å². The minimum absolute atomic E-state index is 0.315. The fourth-order valence-electron chi connectivity index (χ4n) is 2.23. The Balaban J connectivity index is 2.08. The second-order valence-corrected chi connectivity index (χ2v) is 3.94. The van der Waals surface area contributed by atoms with Crippen molar-refractivity contribution in [1.29, 1.82) is 0 Å². The van der Waals surface area contributed by atoms with Crippen LogP contribution in [-0.4, -0.2) is 11.1 Å². The highest BCUT2D eigenvalue weighted by molar-refractivity contribution is 5.78. The second-order valence-electron chi connectivity index (χ2n) is 3.94. The molecular formula is C10H14O2. The molecule has 66 valence electrons. The van der Waals surface area contributed by atoms with Gasteiger partial charge in [-0.25, -0.2) is 0 Å². The highest BCUT2D eigenvalue weighted by Gasteiger charge is 2.55. The van der Waals surface area contributed by atoms with E-state index in [1.165, 1.54) is 0 Å². The molecule has 1 saturated carbocycles. The van der Waals surface area contributed by atoms with E-state index in [0.717, 1.165) is 32.1 Å². The summed E-state index contributed by atoms with van der Waals surface area (Å²) in [6.07, 6.45) is 9.22. The summed E-state index contributed by atoms with van der Waals surface area (Å²) < 4.78 is 0. The first-order valence-corrected chi connectivity index (χ1v) is 4.64. The standard InChI is InChI=1S/C10H14O2/c11-9(12)10(6-7-10)8-4-2-1-3-5-8/h1-2,8H,3-7H2,(H,11,12). The summed E-state index contributed by atoms with van der Waals surface area (Å²) in [5.74, 6) is -0.150. The van der Waals surface area contributed by atoms with Gasteiger partial charge >= 0.3 is 5.97 Å². The summed E-state index contributed by atoms with van der Waals surface area (Å²) in [6, 6.07) is 0. The molecule has 2 aliphatic carbocycles. The first-order valence-electron chi connectivity index (χ1n) is 4.64. The van der Waals surface area contributed by atoms with Gasteiger partial charge in [0.1, 0.15) is 0 Å². The Morgan fingerprint density at radius 3 is 2.58 bits per heavy atom. The number of rotatable bonds is 2. The van der Waals surface area contributed by atoms with Crippen LogP contribution in [-0.2, 0) is 4.79 Å². The van der Waals surface area contributed by atoms with Crippen LogP contribution in [0.25, 0.3) is 0 Å². The van der Waals surface area contributed by atoms with Gasteiger partial charge in [-0.05, 0) is 38.0 Å². The molecule has 2 rings (SSSR count). The van der Waals surface area contributed by atoms with Crippen molar-refractivity contribution in [2.24, 2.45) is 11.3 Å². The third-order valence-corrected chi connectivity index (χ3v) is 3.27. The highest BCUT2D eigenvalue weighted by Crippen LogP contribution is 2.55. The minimum atomic E-state index is -0.567. The van der Waals surface area contributed by atoms with Gasteiger partial charge in [-0.15, -0.1) is 0 Å². The third kappa shape index (κ3) is 1.06. The van der Waals surface area contributed by atoms with Gasteiger partial charge in [0.05, 0.1) is 5.41 Å². The molecule has 0 radical (unpaired) electrons. The molecule has 12 heavy (non-hydrogen) atoms. The predicted molar refractivity (Wildman–Crippen MR) is 45.8 cm³/mol. The molecule has 0 spiro atoms. The Morgan fingerprint density at radius 1 is 1.42 bits per heavy atom. The third-order valence-electron chi connectivity index (χ3n) is 3.27. The molecule has 0 heterocycles. The topological polar surface area (TPSA) is 37.3 Å². The molecule has 0 bridgehead atoms. The van der Waals surface area contributed by atoms with E-state index in [1.807, 2.05) is 0 Å².